The van der Waals surface area contributed by atoms with E-state index in [1.807, 2.05) is 36.4 Å². The number of carbonyl (C=O) groups is 1. The highest BCUT2D eigenvalue weighted by Crippen LogP contribution is 2.35. The van der Waals surface area contributed by atoms with Crippen LogP contribution in [0.25, 0.3) is 0 Å². The van der Waals surface area contributed by atoms with Crippen LogP contribution >= 0.6 is 0 Å². The van der Waals surface area contributed by atoms with Crippen molar-refractivity contribution >= 4 is 6.09 Å². The highest BCUT2D eigenvalue weighted by Gasteiger charge is 2.42. The number of alkyl carbamates (subject to hydrolysis) is 1. The second-order valence-electron chi connectivity index (χ2n) is 6.08. The molecule has 0 aromatic heterocycles. The van der Waals surface area contributed by atoms with E-state index in [-0.39, 0.29) is 24.2 Å². The maximum atomic E-state index is 11.8. The van der Waals surface area contributed by atoms with Crippen molar-refractivity contribution in [2.45, 2.75) is 31.9 Å². The Morgan fingerprint density at radius 2 is 1.41 bits per heavy atom. The first-order chi connectivity index (χ1) is 10.7. The van der Waals surface area contributed by atoms with Crippen LogP contribution in [-0.2, 0) is 4.74 Å². The lowest BCUT2D eigenvalue weighted by atomic mass is 9.81. The number of ether oxygens (including phenoxy) is 1. The van der Waals surface area contributed by atoms with Crippen molar-refractivity contribution in [3.63, 3.8) is 0 Å². The molecular weight excluding hydrogens is 274 g/mol. The van der Waals surface area contributed by atoms with E-state index in [2.05, 4.69) is 43.4 Å². The van der Waals surface area contributed by atoms with Gasteiger partial charge in [0, 0.05) is 5.92 Å². The van der Waals surface area contributed by atoms with Crippen molar-refractivity contribution in [3.8, 4) is 0 Å². The van der Waals surface area contributed by atoms with Crippen molar-refractivity contribution < 1.29 is 9.53 Å². The first-order valence-electron chi connectivity index (χ1n) is 7.74. The molecule has 1 aliphatic heterocycles. The van der Waals surface area contributed by atoms with Gasteiger partial charge in [-0.25, -0.2) is 4.79 Å². The molecule has 3 nitrogen and oxygen atoms in total. The number of hydrogen-bond acceptors (Lipinski definition) is 2. The van der Waals surface area contributed by atoms with Gasteiger partial charge in [0.15, 0.2) is 0 Å². The maximum Gasteiger partial charge on any atom is 0.407 e. The van der Waals surface area contributed by atoms with Crippen LogP contribution in [0.4, 0.5) is 4.79 Å². The fourth-order valence-electron chi connectivity index (χ4n) is 3.16. The molecule has 0 bridgehead atoms. The Morgan fingerprint density at radius 1 is 0.909 bits per heavy atom. The van der Waals surface area contributed by atoms with Crippen LogP contribution < -0.4 is 5.32 Å². The first kappa shape index (κ1) is 14.6. The number of carbonyl (C=O) groups excluding carboxylic acids is 1. The minimum absolute atomic E-state index is 0.0120. The Labute approximate surface area is 131 Å². The van der Waals surface area contributed by atoms with Crippen LogP contribution in [0.3, 0.4) is 0 Å². The fraction of sp³-hybridized carbons (Fsp3) is 0.316. The van der Waals surface area contributed by atoms with Crippen molar-refractivity contribution in [2.75, 3.05) is 0 Å². The molecule has 2 atom stereocenters. The molecule has 0 saturated carbocycles. The monoisotopic (exact) mass is 295 g/mol. The zero-order valence-corrected chi connectivity index (χ0v) is 12.9. The van der Waals surface area contributed by atoms with Gasteiger partial charge in [-0.15, -0.1) is 0 Å². The molecule has 1 fully saturated rings. The Kier molecular flexibility index (Phi) is 4.14. The predicted octanol–water partition coefficient (Wildman–Crippen LogP) is 3.95. The molecule has 3 heteroatoms. The van der Waals surface area contributed by atoms with Crippen molar-refractivity contribution in [2.24, 2.45) is 5.92 Å². The largest absolute Gasteiger partial charge is 0.443 e. The Bertz CT molecular complexity index is 585. The number of benzene rings is 2. The molecule has 0 aliphatic carbocycles. The summed E-state index contributed by atoms with van der Waals surface area (Å²) in [4.78, 5) is 11.8. The molecule has 114 valence electrons. The average molecular weight is 295 g/mol. The number of amides is 1. The van der Waals surface area contributed by atoms with E-state index in [1.54, 1.807) is 0 Å². The van der Waals surface area contributed by atoms with Gasteiger partial charge in [0.05, 0.1) is 6.04 Å². The number of cyclic esters (lactones) is 1. The Morgan fingerprint density at radius 3 is 1.86 bits per heavy atom. The summed E-state index contributed by atoms with van der Waals surface area (Å²) in [5, 5.41) is 2.96. The molecule has 0 unspecified atom stereocenters. The summed E-state index contributed by atoms with van der Waals surface area (Å²) in [6.07, 6.45) is -0.516. The first-order valence-corrected chi connectivity index (χ1v) is 7.74. The van der Waals surface area contributed by atoms with Gasteiger partial charge >= 0.3 is 6.09 Å². The summed E-state index contributed by atoms with van der Waals surface area (Å²) < 4.78 is 5.66. The molecule has 2 aromatic rings. The Hall–Kier alpha value is -2.29. The normalized spacial score (nSPS) is 21.0. The summed E-state index contributed by atoms with van der Waals surface area (Å²) >= 11 is 0. The van der Waals surface area contributed by atoms with E-state index in [4.69, 9.17) is 4.74 Å². The third-order valence-electron chi connectivity index (χ3n) is 4.25. The van der Waals surface area contributed by atoms with E-state index in [0.29, 0.717) is 5.92 Å². The summed E-state index contributed by atoms with van der Waals surface area (Å²) in [5.41, 5.74) is 2.33. The number of rotatable bonds is 4. The van der Waals surface area contributed by atoms with Gasteiger partial charge in [-0.2, -0.15) is 0 Å². The van der Waals surface area contributed by atoms with Crippen LogP contribution in [-0.4, -0.2) is 18.2 Å². The van der Waals surface area contributed by atoms with Crippen LogP contribution in [0, 0.1) is 5.92 Å². The van der Waals surface area contributed by atoms with E-state index in [9.17, 15) is 4.79 Å². The molecule has 3 rings (SSSR count). The smallest absolute Gasteiger partial charge is 0.407 e. The van der Waals surface area contributed by atoms with E-state index in [1.165, 1.54) is 11.1 Å². The van der Waals surface area contributed by atoms with Gasteiger partial charge in [-0.3, -0.25) is 0 Å². The zero-order valence-electron chi connectivity index (χ0n) is 12.9. The SMILES string of the molecule is CC(C)[C@@H]1NC(=O)O[C@@H]1C(c1ccccc1)c1ccccc1. The van der Waals surface area contributed by atoms with Crippen molar-refractivity contribution in [1.29, 1.82) is 0 Å². The molecule has 0 radical (unpaired) electrons. The molecule has 1 aliphatic rings. The molecule has 1 N–H and O–H groups in total. The lowest BCUT2D eigenvalue weighted by molar-refractivity contribution is 0.114. The standard InChI is InChI=1S/C19H21NO2/c1-13(2)17-18(22-19(21)20-17)16(14-9-5-3-6-10-14)15-11-7-4-8-12-15/h3-13,16-18H,1-2H3,(H,20,21)/t17-,18+/m0/s1. The topological polar surface area (TPSA) is 38.3 Å². The van der Waals surface area contributed by atoms with Gasteiger partial charge in [0.1, 0.15) is 6.10 Å². The van der Waals surface area contributed by atoms with Crippen molar-refractivity contribution in [1.82, 2.24) is 5.32 Å². The van der Waals surface area contributed by atoms with Crippen molar-refractivity contribution in [3.05, 3.63) is 71.8 Å². The zero-order chi connectivity index (χ0) is 15.5. The third kappa shape index (κ3) is 2.84. The van der Waals surface area contributed by atoms with Gasteiger partial charge in [0.25, 0.3) is 0 Å². The minimum atomic E-state index is -0.319. The van der Waals surface area contributed by atoms with Crippen LogP contribution in [0.2, 0.25) is 0 Å². The second kappa shape index (κ2) is 6.22. The molecule has 1 amide bonds. The summed E-state index contributed by atoms with van der Waals surface area (Å²) in [7, 11) is 0. The van der Waals surface area contributed by atoms with Gasteiger partial charge in [0.2, 0.25) is 0 Å². The molecule has 22 heavy (non-hydrogen) atoms. The van der Waals surface area contributed by atoms with E-state index < -0.39 is 0 Å². The second-order valence-corrected chi connectivity index (χ2v) is 6.08. The molecular formula is C19H21NO2. The summed E-state index contributed by atoms with van der Waals surface area (Å²) in [6.45, 7) is 4.22. The molecule has 1 heterocycles. The minimum Gasteiger partial charge on any atom is -0.443 e. The lowest BCUT2D eigenvalue weighted by Crippen LogP contribution is -2.39. The van der Waals surface area contributed by atoms with Crippen LogP contribution in [0.5, 0.6) is 0 Å². The van der Waals surface area contributed by atoms with Crippen LogP contribution in [0.1, 0.15) is 30.9 Å². The maximum absolute atomic E-state index is 11.8. The van der Waals surface area contributed by atoms with E-state index >= 15 is 0 Å². The van der Waals surface area contributed by atoms with Crippen LogP contribution in [0.15, 0.2) is 60.7 Å². The van der Waals surface area contributed by atoms with Gasteiger partial charge in [-0.1, -0.05) is 74.5 Å². The number of nitrogens with one attached hydrogen (secondary N) is 1. The predicted molar refractivity (Wildman–Crippen MR) is 86.8 cm³/mol. The summed E-state index contributed by atoms with van der Waals surface area (Å²) in [5.74, 6) is 0.347. The number of hydrogen-bond donors (Lipinski definition) is 1. The fourth-order valence-corrected chi connectivity index (χ4v) is 3.16. The highest BCUT2D eigenvalue weighted by atomic mass is 16.6. The van der Waals surface area contributed by atoms with Gasteiger partial charge < -0.3 is 10.1 Å². The Balaban J connectivity index is 2.04. The molecule has 0 spiro atoms. The highest BCUT2D eigenvalue weighted by molar-refractivity contribution is 5.70. The lowest BCUT2D eigenvalue weighted by Gasteiger charge is -2.29. The summed E-state index contributed by atoms with van der Waals surface area (Å²) in [6, 6.07) is 20.5. The van der Waals surface area contributed by atoms with E-state index in [0.717, 1.165) is 0 Å². The molecule has 1 saturated heterocycles. The molecule has 2 aromatic carbocycles. The third-order valence-corrected chi connectivity index (χ3v) is 4.25. The van der Waals surface area contributed by atoms with Gasteiger partial charge in [-0.05, 0) is 17.0 Å². The quantitative estimate of drug-likeness (QED) is 0.927. The average Bonchev–Trinajstić information content (AvgIpc) is 2.92.